The topological polar surface area (TPSA) is 65.1 Å². The maximum Gasteiger partial charge on any atom is 0.259 e. The molecular weight excluding hydrogens is 594 g/mol. The summed E-state index contributed by atoms with van der Waals surface area (Å²) < 4.78 is 5.60. The van der Waals surface area contributed by atoms with Crippen LogP contribution < -0.4 is 10.1 Å². The van der Waals surface area contributed by atoms with Crippen LogP contribution in [0.3, 0.4) is 0 Å². The minimum Gasteiger partial charge on any atom is -0.483 e. The molecule has 1 N–H and O–H groups in total. The van der Waals surface area contributed by atoms with Crippen molar-refractivity contribution in [2.75, 3.05) is 46.9 Å². The van der Waals surface area contributed by atoms with E-state index in [0.717, 1.165) is 31.7 Å². The Kier molecular flexibility index (Phi) is 14.5. The Bertz CT molecular complexity index is 1090. The largest absolute Gasteiger partial charge is 0.483 e. The van der Waals surface area contributed by atoms with Gasteiger partial charge < -0.3 is 15.0 Å². The lowest BCUT2D eigenvalue weighted by atomic mass is 10.1. The summed E-state index contributed by atoms with van der Waals surface area (Å²) in [5, 5.41) is 4.54. The average Bonchev–Trinajstić information content (AvgIpc) is 2.82. The fraction of sp³-hybridized carbons (Fsp3) is 0.462. The van der Waals surface area contributed by atoms with Crippen LogP contribution in [-0.2, 0) is 11.3 Å². The molecule has 7 nitrogen and oxygen atoms in total. The highest BCUT2D eigenvalue weighted by molar-refractivity contribution is 6.42. The van der Waals surface area contributed by atoms with Gasteiger partial charge in [0.1, 0.15) is 5.75 Å². The number of nitrogens with one attached hydrogen (secondary N) is 1. The highest BCUT2D eigenvalue weighted by Gasteiger charge is 2.29. The van der Waals surface area contributed by atoms with Crippen LogP contribution in [0.25, 0.3) is 0 Å². The molecule has 0 bridgehead atoms. The van der Waals surface area contributed by atoms with E-state index in [4.69, 9.17) is 39.5 Å². The van der Waals surface area contributed by atoms with Crippen LogP contribution in [0.2, 0.25) is 15.1 Å². The number of likely N-dealkylation sites (N-methyl/N-ethyl adjacent to an activating group) is 1. The van der Waals surface area contributed by atoms with Gasteiger partial charge in [-0.2, -0.15) is 0 Å². The minimum absolute atomic E-state index is 0. The van der Waals surface area contributed by atoms with Crippen molar-refractivity contribution in [1.29, 1.82) is 0 Å². The van der Waals surface area contributed by atoms with Gasteiger partial charge in [0, 0.05) is 63.9 Å². The van der Waals surface area contributed by atoms with Gasteiger partial charge in [-0.15, -0.1) is 24.8 Å². The molecule has 12 heteroatoms. The second-order valence-electron chi connectivity index (χ2n) is 9.34. The molecule has 0 aromatic heterocycles. The van der Waals surface area contributed by atoms with E-state index >= 15 is 0 Å². The van der Waals surface area contributed by atoms with E-state index in [1.54, 1.807) is 32.3 Å². The second kappa shape index (κ2) is 16.0. The minimum atomic E-state index is -0.266. The van der Waals surface area contributed by atoms with Crippen LogP contribution in [0, 0.1) is 0 Å². The third-order valence-corrected chi connectivity index (χ3v) is 7.31. The second-order valence-corrected chi connectivity index (χ2v) is 10.6. The number of nitrogens with zero attached hydrogens (tertiary/aromatic N) is 3. The first-order valence-electron chi connectivity index (χ1n) is 11.9. The van der Waals surface area contributed by atoms with Crippen molar-refractivity contribution in [3.05, 3.63) is 62.6 Å². The van der Waals surface area contributed by atoms with Crippen LogP contribution in [0.1, 0.15) is 29.8 Å². The molecule has 2 aromatic rings. The SMILES string of the molecule is CC1CN(Cc2ccc(Cl)c(Cl)c2)C(C)CN1CCNC(=O)c1ccc(Cl)cc1OCC(=O)N(C)C.Cl.Cl. The van der Waals surface area contributed by atoms with Gasteiger partial charge in [-0.1, -0.05) is 40.9 Å². The lowest BCUT2D eigenvalue weighted by Crippen LogP contribution is -2.57. The summed E-state index contributed by atoms with van der Waals surface area (Å²) in [4.78, 5) is 31.0. The number of piperazine rings is 1. The lowest BCUT2D eigenvalue weighted by Gasteiger charge is -2.44. The maximum absolute atomic E-state index is 12.9. The molecule has 0 spiro atoms. The van der Waals surface area contributed by atoms with Crippen LogP contribution >= 0.6 is 59.6 Å². The number of rotatable bonds is 9. The van der Waals surface area contributed by atoms with Crippen LogP contribution in [0.5, 0.6) is 5.75 Å². The predicted molar refractivity (Wildman–Crippen MR) is 160 cm³/mol. The van der Waals surface area contributed by atoms with Gasteiger partial charge in [0.05, 0.1) is 15.6 Å². The Morgan fingerprint density at radius 1 is 0.974 bits per heavy atom. The Balaban J connectivity index is 0.00000361. The van der Waals surface area contributed by atoms with Gasteiger partial charge in [0.25, 0.3) is 11.8 Å². The number of amides is 2. The van der Waals surface area contributed by atoms with Crippen LogP contribution in [-0.4, -0.2) is 85.5 Å². The number of halogens is 5. The molecule has 1 saturated heterocycles. The fourth-order valence-electron chi connectivity index (χ4n) is 4.15. The summed E-state index contributed by atoms with van der Waals surface area (Å²) in [6.45, 7) is 8.05. The van der Waals surface area contributed by atoms with Crippen LogP contribution in [0.4, 0.5) is 0 Å². The zero-order chi connectivity index (χ0) is 26.4. The predicted octanol–water partition coefficient (Wildman–Crippen LogP) is 5.28. The Hall–Kier alpha value is -1.45. The highest BCUT2D eigenvalue weighted by Crippen LogP contribution is 2.26. The van der Waals surface area contributed by atoms with E-state index in [2.05, 4.69) is 29.0 Å². The van der Waals surface area contributed by atoms with Crippen molar-refractivity contribution in [2.24, 2.45) is 0 Å². The summed E-state index contributed by atoms with van der Waals surface area (Å²) in [6.07, 6.45) is 0. The fourth-order valence-corrected chi connectivity index (χ4v) is 4.64. The van der Waals surface area contributed by atoms with Crippen LogP contribution in [0.15, 0.2) is 36.4 Å². The normalized spacial score (nSPS) is 17.7. The summed E-state index contributed by atoms with van der Waals surface area (Å²) in [7, 11) is 3.29. The monoisotopic (exact) mass is 626 g/mol. The molecule has 1 heterocycles. The first-order valence-corrected chi connectivity index (χ1v) is 13.0. The van der Waals surface area contributed by atoms with Gasteiger partial charge in [-0.25, -0.2) is 0 Å². The van der Waals surface area contributed by atoms with E-state index < -0.39 is 0 Å². The first kappa shape index (κ1) is 34.6. The third kappa shape index (κ3) is 9.63. The van der Waals surface area contributed by atoms with Crippen molar-refractivity contribution < 1.29 is 14.3 Å². The smallest absolute Gasteiger partial charge is 0.259 e. The number of carbonyl (C=O) groups excluding carboxylic acids is 2. The molecule has 0 aliphatic carbocycles. The standard InChI is InChI=1S/C26H33Cl3N4O3.2ClH/c1-17-14-33(15-19-5-8-22(28)23(29)11-19)18(2)13-32(17)10-9-30-26(35)21-7-6-20(27)12-24(21)36-16-25(34)31(3)4;;/h5-8,11-12,17-18H,9-10,13-16H2,1-4H3,(H,30,35);2*1H. The van der Waals surface area contributed by atoms with Crippen molar-refractivity contribution in [3.8, 4) is 5.75 Å². The molecule has 0 saturated carbocycles. The molecule has 212 valence electrons. The molecule has 2 atom stereocenters. The van der Waals surface area contributed by atoms with Crippen molar-refractivity contribution >= 4 is 71.4 Å². The number of hydrogen-bond donors (Lipinski definition) is 1. The Labute approximate surface area is 252 Å². The van der Waals surface area contributed by atoms with E-state index in [-0.39, 0.29) is 49.0 Å². The number of hydrogen-bond acceptors (Lipinski definition) is 5. The summed E-state index contributed by atoms with van der Waals surface area (Å²) >= 11 is 18.3. The number of carbonyl (C=O) groups is 2. The summed E-state index contributed by atoms with van der Waals surface area (Å²) in [5.74, 6) is -0.186. The van der Waals surface area contributed by atoms with E-state index in [1.165, 1.54) is 4.90 Å². The highest BCUT2D eigenvalue weighted by atomic mass is 35.5. The van der Waals surface area contributed by atoms with E-state index in [1.807, 2.05) is 18.2 Å². The number of benzene rings is 2. The van der Waals surface area contributed by atoms with Crippen molar-refractivity contribution in [3.63, 3.8) is 0 Å². The zero-order valence-electron chi connectivity index (χ0n) is 21.9. The molecule has 2 unspecified atom stereocenters. The average molecular weight is 629 g/mol. The quantitative estimate of drug-likeness (QED) is 0.410. The number of ether oxygens (including phenoxy) is 1. The summed E-state index contributed by atoms with van der Waals surface area (Å²) in [6, 6.07) is 11.2. The van der Waals surface area contributed by atoms with Crippen molar-refractivity contribution in [1.82, 2.24) is 20.0 Å². The molecule has 2 aromatic carbocycles. The summed E-state index contributed by atoms with van der Waals surface area (Å²) in [5.41, 5.74) is 1.48. The molecule has 38 heavy (non-hydrogen) atoms. The molecular formula is C26H35Cl5N4O3. The third-order valence-electron chi connectivity index (χ3n) is 6.34. The first-order chi connectivity index (χ1) is 17.0. The Morgan fingerprint density at radius 2 is 1.63 bits per heavy atom. The van der Waals surface area contributed by atoms with Gasteiger partial charge >= 0.3 is 0 Å². The van der Waals surface area contributed by atoms with E-state index in [9.17, 15) is 9.59 Å². The lowest BCUT2D eigenvalue weighted by molar-refractivity contribution is -0.130. The molecule has 0 radical (unpaired) electrons. The molecule has 1 aliphatic heterocycles. The molecule has 1 aliphatic rings. The molecule has 3 rings (SSSR count). The molecule has 1 fully saturated rings. The van der Waals surface area contributed by atoms with Gasteiger partial charge in [0.15, 0.2) is 6.61 Å². The zero-order valence-corrected chi connectivity index (χ0v) is 25.8. The van der Waals surface area contributed by atoms with E-state index in [0.29, 0.717) is 39.3 Å². The van der Waals surface area contributed by atoms with Gasteiger partial charge in [0.2, 0.25) is 0 Å². The molecule has 2 amide bonds. The van der Waals surface area contributed by atoms with Gasteiger partial charge in [-0.05, 0) is 49.7 Å². The maximum atomic E-state index is 12.9. The van der Waals surface area contributed by atoms with Gasteiger partial charge in [-0.3, -0.25) is 19.4 Å². The Morgan fingerprint density at radius 3 is 2.29 bits per heavy atom. The van der Waals surface area contributed by atoms with Crippen molar-refractivity contribution in [2.45, 2.75) is 32.5 Å².